The molecule has 3 heterocycles. The van der Waals surface area contributed by atoms with Crippen LogP contribution in [0.2, 0.25) is 5.02 Å². The predicted molar refractivity (Wildman–Crippen MR) is 117 cm³/mol. The number of hydrogen-bond acceptors (Lipinski definition) is 6. The van der Waals surface area contributed by atoms with E-state index in [1.54, 1.807) is 0 Å². The molecular formula is C23H31ClN4O2. The number of morpholine rings is 1. The molecule has 0 N–H and O–H groups in total. The van der Waals surface area contributed by atoms with E-state index >= 15 is 0 Å². The van der Waals surface area contributed by atoms with E-state index in [4.69, 9.17) is 25.8 Å². The lowest BCUT2D eigenvalue weighted by Gasteiger charge is -2.32. The van der Waals surface area contributed by atoms with Crippen LogP contribution in [0, 0.1) is 5.92 Å². The van der Waals surface area contributed by atoms with Gasteiger partial charge in [-0.2, -0.15) is 4.98 Å². The van der Waals surface area contributed by atoms with Gasteiger partial charge in [0.2, 0.25) is 5.89 Å². The molecule has 30 heavy (non-hydrogen) atoms. The fourth-order valence-corrected chi connectivity index (χ4v) is 5.79. The van der Waals surface area contributed by atoms with Gasteiger partial charge in [0.05, 0.1) is 18.6 Å². The minimum atomic E-state index is 0.000520. The molecule has 162 valence electrons. The van der Waals surface area contributed by atoms with Crippen LogP contribution in [-0.4, -0.2) is 54.4 Å². The van der Waals surface area contributed by atoms with E-state index in [1.165, 1.54) is 24.1 Å². The Morgan fingerprint density at radius 3 is 2.87 bits per heavy atom. The number of rotatable bonds is 5. The lowest BCUT2D eigenvalue weighted by molar-refractivity contribution is 0.122. The average Bonchev–Trinajstić information content (AvgIpc) is 3.44. The first-order valence-electron chi connectivity index (χ1n) is 11.2. The van der Waals surface area contributed by atoms with Gasteiger partial charge in [-0.3, -0.25) is 4.90 Å². The minimum absolute atomic E-state index is 0.000520. The molecular weight excluding hydrogens is 400 g/mol. The SMILES string of the molecule is CC(C)c1noc([C@@]23CCC[C@@H]2CN(Cc2c(Cl)cccc2N2CCOCC2)C3)n1. The van der Waals surface area contributed by atoms with Gasteiger partial charge in [-0.25, -0.2) is 0 Å². The molecule has 3 aliphatic rings. The molecule has 2 aliphatic heterocycles. The molecule has 2 atom stereocenters. The molecule has 0 radical (unpaired) electrons. The molecule has 2 saturated heterocycles. The maximum atomic E-state index is 6.71. The normalized spacial score (nSPS) is 27.2. The topological polar surface area (TPSA) is 54.6 Å². The summed E-state index contributed by atoms with van der Waals surface area (Å²) in [6, 6.07) is 6.27. The first-order chi connectivity index (χ1) is 14.6. The van der Waals surface area contributed by atoms with Crippen molar-refractivity contribution in [3.8, 4) is 0 Å². The molecule has 7 heteroatoms. The van der Waals surface area contributed by atoms with E-state index < -0.39 is 0 Å². The van der Waals surface area contributed by atoms with Crippen molar-refractivity contribution in [1.82, 2.24) is 15.0 Å². The number of likely N-dealkylation sites (tertiary alicyclic amines) is 1. The van der Waals surface area contributed by atoms with Crippen LogP contribution >= 0.6 is 11.6 Å². The Kier molecular flexibility index (Phi) is 5.50. The van der Waals surface area contributed by atoms with Crippen molar-refractivity contribution in [3.05, 3.63) is 40.5 Å². The average molecular weight is 431 g/mol. The number of ether oxygens (including phenoxy) is 1. The van der Waals surface area contributed by atoms with E-state index in [-0.39, 0.29) is 11.3 Å². The zero-order chi connectivity index (χ0) is 20.7. The molecule has 0 bridgehead atoms. The molecule has 3 fully saturated rings. The summed E-state index contributed by atoms with van der Waals surface area (Å²) >= 11 is 6.71. The second-order valence-corrected chi connectivity index (χ2v) is 9.77. The molecule has 6 nitrogen and oxygen atoms in total. The molecule has 0 spiro atoms. The Balaban J connectivity index is 1.39. The third-order valence-electron chi connectivity index (χ3n) is 7.15. The van der Waals surface area contributed by atoms with E-state index in [2.05, 4.69) is 40.9 Å². The Hall–Kier alpha value is -1.63. The summed E-state index contributed by atoms with van der Waals surface area (Å²) in [7, 11) is 0. The summed E-state index contributed by atoms with van der Waals surface area (Å²) in [5, 5.41) is 5.12. The summed E-state index contributed by atoms with van der Waals surface area (Å²) in [5.74, 6) is 2.54. The predicted octanol–water partition coefficient (Wildman–Crippen LogP) is 4.24. The van der Waals surface area contributed by atoms with Crippen molar-refractivity contribution < 1.29 is 9.26 Å². The third-order valence-corrected chi connectivity index (χ3v) is 7.51. The molecule has 1 aromatic carbocycles. The summed E-state index contributed by atoms with van der Waals surface area (Å²) in [5.41, 5.74) is 2.47. The van der Waals surface area contributed by atoms with Crippen LogP contribution < -0.4 is 4.90 Å². The Bertz CT molecular complexity index is 895. The number of fused-ring (bicyclic) bond motifs is 1. The van der Waals surface area contributed by atoms with Gasteiger partial charge >= 0.3 is 0 Å². The molecule has 2 aromatic rings. The van der Waals surface area contributed by atoms with Crippen molar-refractivity contribution in [3.63, 3.8) is 0 Å². The fraction of sp³-hybridized carbons (Fsp3) is 0.652. The van der Waals surface area contributed by atoms with Crippen molar-refractivity contribution in [2.75, 3.05) is 44.3 Å². The van der Waals surface area contributed by atoms with Crippen LogP contribution in [0.3, 0.4) is 0 Å². The van der Waals surface area contributed by atoms with Gasteiger partial charge in [-0.1, -0.05) is 43.1 Å². The Labute approximate surface area is 183 Å². The maximum Gasteiger partial charge on any atom is 0.234 e. The summed E-state index contributed by atoms with van der Waals surface area (Å²) < 4.78 is 11.4. The van der Waals surface area contributed by atoms with Gasteiger partial charge < -0.3 is 14.2 Å². The molecule has 1 aromatic heterocycles. The van der Waals surface area contributed by atoms with Gasteiger partial charge in [-0.05, 0) is 30.9 Å². The minimum Gasteiger partial charge on any atom is -0.378 e. The number of benzene rings is 1. The second kappa shape index (κ2) is 8.13. The van der Waals surface area contributed by atoms with Crippen molar-refractivity contribution in [1.29, 1.82) is 0 Å². The number of halogens is 1. The smallest absolute Gasteiger partial charge is 0.234 e. The van der Waals surface area contributed by atoms with Crippen molar-refractivity contribution >= 4 is 17.3 Å². The van der Waals surface area contributed by atoms with Crippen LogP contribution in [-0.2, 0) is 16.7 Å². The standard InChI is InChI=1S/C23H31ClN4O2/c1-16(2)21-25-22(30-26-21)23-8-4-5-17(23)13-27(15-23)14-18-19(24)6-3-7-20(18)28-9-11-29-12-10-28/h3,6-7,16-17H,4-5,8-15H2,1-2H3/t17-,23-/m1/s1. The van der Waals surface area contributed by atoms with Gasteiger partial charge in [0.25, 0.3) is 0 Å². The van der Waals surface area contributed by atoms with E-state index in [9.17, 15) is 0 Å². The second-order valence-electron chi connectivity index (χ2n) is 9.36. The van der Waals surface area contributed by atoms with Gasteiger partial charge in [0, 0.05) is 54.9 Å². The lowest BCUT2D eigenvalue weighted by Crippen LogP contribution is -2.37. The van der Waals surface area contributed by atoms with Crippen LogP contribution in [0.25, 0.3) is 0 Å². The fourth-order valence-electron chi connectivity index (χ4n) is 5.56. The van der Waals surface area contributed by atoms with Gasteiger partial charge in [0.1, 0.15) is 0 Å². The van der Waals surface area contributed by atoms with E-state index in [0.29, 0.717) is 5.92 Å². The molecule has 5 rings (SSSR count). The van der Waals surface area contributed by atoms with Crippen LogP contribution in [0.15, 0.2) is 22.7 Å². The highest BCUT2D eigenvalue weighted by Gasteiger charge is 2.54. The summed E-state index contributed by atoms with van der Waals surface area (Å²) in [6.07, 6.45) is 3.60. The lowest BCUT2D eigenvalue weighted by atomic mass is 9.80. The van der Waals surface area contributed by atoms with Crippen LogP contribution in [0.5, 0.6) is 0 Å². The molecule has 0 amide bonds. The highest BCUT2D eigenvalue weighted by molar-refractivity contribution is 6.31. The number of hydrogen-bond donors (Lipinski definition) is 0. The number of anilines is 1. The maximum absolute atomic E-state index is 6.71. The Morgan fingerprint density at radius 1 is 1.27 bits per heavy atom. The van der Waals surface area contributed by atoms with E-state index in [0.717, 1.165) is 69.1 Å². The van der Waals surface area contributed by atoms with E-state index in [1.807, 2.05) is 6.07 Å². The first kappa shape index (κ1) is 20.3. The highest BCUT2D eigenvalue weighted by Crippen LogP contribution is 2.50. The third kappa shape index (κ3) is 3.53. The van der Waals surface area contributed by atoms with Crippen LogP contribution in [0.4, 0.5) is 5.69 Å². The van der Waals surface area contributed by atoms with Crippen LogP contribution in [0.1, 0.15) is 56.3 Å². The number of nitrogens with zero attached hydrogens (tertiary/aromatic N) is 4. The monoisotopic (exact) mass is 430 g/mol. The van der Waals surface area contributed by atoms with Gasteiger partial charge in [-0.15, -0.1) is 0 Å². The van der Waals surface area contributed by atoms with Crippen molar-refractivity contribution in [2.45, 2.75) is 51.0 Å². The highest BCUT2D eigenvalue weighted by atomic mass is 35.5. The molecule has 0 unspecified atom stereocenters. The summed E-state index contributed by atoms with van der Waals surface area (Å²) in [4.78, 5) is 9.78. The van der Waals surface area contributed by atoms with Gasteiger partial charge in [0.15, 0.2) is 5.82 Å². The Morgan fingerprint density at radius 2 is 2.10 bits per heavy atom. The summed E-state index contributed by atoms with van der Waals surface area (Å²) in [6.45, 7) is 10.5. The largest absolute Gasteiger partial charge is 0.378 e. The zero-order valence-electron chi connectivity index (χ0n) is 17.9. The molecule has 1 saturated carbocycles. The first-order valence-corrected chi connectivity index (χ1v) is 11.6. The molecule has 1 aliphatic carbocycles. The quantitative estimate of drug-likeness (QED) is 0.707. The van der Waals surface area contributed by atoms with Crippen molar-refractivity contribution in [2.24, 2.45) is 5.92 Å². The zero-order valence-corrected chi connectivity index (χ0v) is 18.7. The number of aromatic nitrogens is 2.